The van der Waals surface area contributed by atoms with Gasteiger partial charge in [-0.3, -0.25) is 14.7 Å². The number of pyridine rings is 1. The predicted molar refractivity (Wildman–Crippen MR) is 86.4 cm³/mol. The lowest BCUT2D eigenvalue weighted by Gasteiger charge is -2.39. The van der Waals surface area contributed by atoms with Crippen LogP contribution in [0.15, 0.2) is 24.4 Å². The Balaban J connectivity index is 1.83. The molecule has 1 N–H and O–H groups in total. The second-order valence-corrected chi connectivity index (χ2v) is 6.47. The molecule has 22 heavy (non-hydrogen) atoms. The monoisotopic (exact) mass is 302 g/mol. The molecule has 1 amide bonds. The normalized spacial score (nSPS) is 25.0. The van der Waals surface area contributed by atoms with Gasteiger partial charge in [0.25, 0.3) is 0 Å². The molecule has 2 saturated heterocycles. The van der Waals surface area contributed by atoms with Crippen LogP contribution in [0.4, 0.5) is 0 Å². The molecule has 0 bridgehead atoms. The molecule has 0 radical (unpaired) electrons. The smallest absolute Gasteiger partial charge is 0.246 e. The van der Waals surface area contributed by atoms with Crippen molar-refractivity contribution in [2.45, 2.75) is 25.8 Å². The van der Waals surface area contributed by atoms with Gasteiger partial charge in [0.15, 0.2) is 0 Å². The van der Waals surface area contributed by atoms with Gasteiger partial charge < -0.3 is 10.2 Å². The number of hydrogen-bond donors (Lipinski definition) is 1. The topological polar surface area (TPSA) is 48.5 Å². The van der Waals surface area contributed by atoms with Crippen molar-refractivity contribution >= 4 is 5.91 Å². The second-order valence-electron chi connectivity index (χ2n) is 6.47. The highest BCUT2D eigenvalue weighted by Crippen LogP contribution is 2.27. The summed E-state index contributed by atoms with van der Waals surface area (Å²) in [7, 11) is 0. The molecule has 2 unspecified atom stereocenters. The molecule has 5 heteroatoms. The summed E-state index contributed by atoms with van der Waals surface area (Å²) in [6.45, 7) is 7.62. The summed E-state index contributed by atoms with van der Waals surface area (Å²) in [5.74, 6) is 0.866. The van der Waals surface area contributed by atoms with E-state index in [-0.39, 0.29) is 11.9 Å². The van der Waals surface area contributed by atoms with E-state index >= 15 is 0 Å². The van der Waals surface area contributed by atoms with Gasteiger partial charge in [0.05, 0.1) is 5.69 Å². The second kappa shape index (κ2) is 7.20. The minimum absolute atomic E-state index is 0.217. The van der Waals surface area contributed by atoms with Gasteiger partial charge in [-0.25, -0.2) is 0 Å². The maximum atomic E-state index is 13.1. The molecule has 2 fully saturated rings. The number of hydrogen-bond acceptors (Lipinski definition) is 4. The zero-order valence-electron chi connectivity index (χ0n) is 13.4. The van der Waals surface area contributed by atoms with Crippen LogP contribution >= 0.6 is 0 Å². The van der Waals surface area contributed by atoms with E-state index in [1.54, 1.807) is 6.20 Å². The number of piperidine rings is 1. The number of likely N-dealkylation sites (tertiary alicyclic amines) is 1. The van der Waals surface area contributed by atoms with Crippen molar-refractivity contribution in [3.8, 4) is 0 Å². The number of carbonyl (C=O) groups is 1. The molecule has 5 nitrogen and oxygen atoms in total. The van der Waals surface area contributed by atoms with Crippen molar-refractivity contribution < 1.29 is 4.79 Å². The van der Waals surface area contributed by atoms with Gasteiger partial charge in [-0.1, -0.05) is 13.0 Å². The van der Waals surface area contributed by atoms with Gasteiger partial charge in [0, 0.05) is 38.9 Å². The van der Waals surface area contributed by atoms with Crippen molar-refractivity contribution in [3.63, 3.8) is 0 Å². The van der Waals surface area contributed by atoms with Gasteiger partial charge in [-0.2, -0.15) is 0 Å². The zero-order chi connectivity index (χ0) is 15.4. The largest absolute Gasteiger partial charge is 0.338 e. The molecule has 2 atom stereocenters. The molecule has 120 valence electrons. The molecular formula is C17H26N4O. The fourth-order valence-corrected chi connectivity index (χ4v) is 3.53. The lowest BCUT2D eigenvalue weighted by molar-refractivity contribution is -0.138. The molecule has 2 aliphatic heterocycles. The van der Waals surface area contributed by atoms with Crippen molar-refractivity contribution in [1.29, 1.82) is 0 Å². The Morgan fingerprint density at radius 3 is 2.82 bits per heavy atom. The highest BCUT2D eigenvalue weighted by atomic mass is 16.2. The summed E-state index contributed by atoms with van der Waals surface area (Å²) in [5, 5.41) is 3.31. The zero-order valence-corrected chi connectivity index (χ0v) is 13.4. The SMILES string of the molecule is CC1CCCN(C(C(=O)N2CCNCC2)c2ccccn2)C1. The molecule has 3 rings (SSSR count). The van der Waals surface area contributed by atoms with Crippen LogP contribution in [0.1, 0.15) is 31.5 Å². The lowest BCUT2D eigenvalue weighted by atomic mass is 9.97. The van der Waals surface area contributed by atoms with E-state index in [4.69, 9.17) is 0 Å². The maximum absolute atomic E-state index is 13.1. The number of rotatable bonds is 3. The Kier molecular flexibility index (Phi) is 5.05. The lowest BCUT2D eigenvalue weighted by Crippen LogP contribution is -2.52. The van der Waals surface area contributed by atoms with Crippen LogP contribution in [0.2, 0.25) is 0 Å². The van der Waals surface area contributed by atoms with Crippen molar-refractivity contribution in [2.75, 3.05) is 39.3 Å². The first-order chi connectivity index (χ1) is 10.8. The third kappa shape index (κ3) is 3.47. The van der Waals surface area contributed by atoms with Gasteiger partial charge in [0.2, 0.25) is 5.91 Å². The first-order valence-electron chi connectivity index (χ1n) is 8.40. The molecule has 1 aromatic heterocycles. The Bertz CT molecular complexity index is 487. The number of aromatic nitrogens is 1. The third-order valence-electron chi connectivity index (χ3n) is 4.68. The van der Waals surface area contributed by atoms with Gasteiger partial charge in [-0.05, 0) is 37.4 Å². The first kappa shape index (κ1) is 15.4. The summed E-state index contributed by atoms with van der Waals surface area (Å²) in [5.41, 5.74) is 0.889. The molecule has 1 aromatic rings. The molecule has 0 spiro atoms. The minimum Gasteiger partial charge on any atom is -0.338 e. The van der Waals surface area contributed by atoms with E-state index in [2.05, 4.69) is 22.1 Å². The third-order valence-corrected chi connectivity index (χ3v) is 4.68. The Morgan fingerprint density at radius 2 is 2.14 bits per heavy atom. The molecule has 0 aromatic carbocycles. The van der Waals surface area contributed by atoms with E-state index in [9.17, 15) is 4.79 Å². The Morgan fingerprint density at radius 1 is 1.32 bits per heavy atom. The Hall–Kier alpha value is -1.46. The maximum Gasteiger partial charge on any atom is 0.246 e. The van der Waals surface area contributed by atoms with Crippen LogP contribution < -0.4 is 5.32 Å². The summed E-state index contributed by atoms with van der Waals surface area (Å²) >= 11 is 0. The van der Waals surface area contributed by atoms with Crippen LogP contribution in [-0.4, -0.2) is 60.0 Å². The van der Waals surface area contributed by atoms with E-state index in [1.165, 1.54) is 12.8 Å². The highest BCUT2D eigenvalue weighted by Gasteiger charge is 2.34. The quantitative estimate of drug-likeness (QED) is 0.914. The number of nitrogens with one attached hydrogen (secondary N) is 1. The van der Waals surface area contributed by atoms with Crippen molar-refractivity contribution in [3.05, 3.63) is 30.1 Å². The van der Waals surface area contributed by atoms with Gasteiger partial charge in [0.1, 0.15) is 6.04 Å². The highest BCUT2D eigenvalue weighted by molar-refractivity contribution is 5.83. The van der Waals surface area contributed by atoms with Crippen LogP contribution in [0.3, 0.4) is 0 Å². The summed E-state index contributed by atoms with van der Waals surface area (Å²) in [4.78, 5) is 21.9. The van der Waals surface area contributed by atoms with Gasteiger partial charge >= 0.3 is 0 Å². The fourth-order valence-electron chi connectivity index (χ4n) is 3.53. The fraction of sp³-hybridized carbons (Fsp3) is 0.647. The number of piperazine rings is 1. The van der Waals surface area contributed by atoms with Gasteiger partial charge in [-0.15, -0.1) is 0 Å². The summed E-state index contributed by atoms with van der Waals surface area (Å²) < 4.78 is 0. The number of amides is 1. The molecular weight excluding hydrogens is 276 g/mol. The van der Waals surface area contributed by atoms with Crippen LogP contribution in [0.25, 0.3) is 0 Å². The average molecular weight is 302 g/mol. The van der Waals surface area contributed by atoms with Crippen LogP contribution in [-0.2, 0) is 4.79 Å². The van der Waals surface area contributed by atoms with Crippen molar-refractivity contribution in [1.82, 2.24) is 20.1 Å². The van der Waals surface area contributed by atoms with Crippen molar-refractivity contribution in [2.24, 2.45) is 5.92 Å². The summed E-state index contributed by atoms with van der Waals surface area (Å²) in [6.07, 6.45) is 4.22. The molecule has 0 aliphatic carbocycles. The summed E-state index contributed by atoms with van der Waals surface area (Å²) in [6, 6.07) is 5.66. The average Bonchev–Trinajstić information content (AvgIpc) is 2.57. The molecule has 0 saturated carbocycles. The number of nitrogens with zero attached hydrogens (tertiary/aromatic N) is 3. The van der Waals surface area contributed by atoms with E-state index in [1.807, 2.05) is 23.1 Å². The first-order valence-corrected chi connectivity index (χ1v) is 8.40. The standard InChI is InChI=1S/C17H26N4O/c1-14-5-4-10-21(13-14)16(15-6-2-3-7-19-15)17(22)20-11-8-18-9-12-20/h2-3,6-7,14,16,18H,4-5,8-13H2,1H3. The van der Waals surface area contributed by atoms with Crippen LogP contribution in [0.5, 0.6) is 0 Å². The van der Waals surface area contributed by atoms with Crippen LogP contribution in [0, 0.1) is 5.92 Å². The number of carbonyl (C=O) groups excluding carboxylic acids is 1. The molecule has 3 heterocycles. The molecule has 2 aliphatic rings. The predicted octanol–water partition coefficient (Wildman–Crippen LogP) is 1.29. The minimum atomic E-state index is -0.220. The Labute approximate surface area is 132 Å². The van der Waals surface area contributed by atoms with E-state index in [0.29, 0.717) is 5.92 Å². The van der Waals surface area contributed by atoms with E-state index in [0.717, 1.165) is 45.0 Å². The van der Waals surface area contributed by atoms with E-state index < -0.39 is 0 Å².